The summed E-state index contributed by atoms with van der Waals surface area (Å²) in [5.41, 5.74) is 0.370. The number of aromatic nitrogens is 1. The minimum absolute atomic E-state index is 0.0608. The Labute approximate surface area is 105 Å². The van der Waals surface area contributed by atoms with Gasteiger partial charge in [0.1, 0.15) is 5.69 Å². The molecule has 0 saturated heterocycles. The summed E-state index contributed by atoms with van der Waals surface area (Å²) in [6, 6.07) is 5.09. The Morgan fingerprint density at radius 3 is 2.83 bits per heavy atom. The summed E-state index contributed by atoms with van der Waals surface area (Å²) in [5, 5.41) is 11.8. The van der Waals surface area contributed by atoms with Crippen molar-refractivity contribution in [1.82, 2.24) is 10.3 Å². The van der Waals surface area contributed by atoms with Crippen LogP contribution in [0, 0.1) is 5.92 Å². The van der Waals surface area contributed by atoms with Crippen LogP contribution in [0.2, 0.25) is 0 Å². The Balaban J connectivity index is 1.93. The van der Waals surface area contributed by atoms with Gasteiger partial charge in [0.25, 0.3) is 5.91 Å². The van der Waals surface area contributed by atoms with E-state index in [1.165, 1.54) is 0 Å². The van der Waals surface area contributed by atoms with Gasteiger partial charge in [-0.25, -0.2) is 0 Å². The van der Waals surface area contributed by atoms with Crippen molar-refractivity contribution in [1.29, 1.82) is 0 Å². The van der Waals surface area contributed by atoms with Gasteiger partial charge < -0.3 is 10.4 Å². The van der Waals surface area contributed by atoms with Gasteiger partial charge in [0, 0.05) is 12.2 Å². The number of amides is 1. The molecule has 0 aromatic carbocycles. The zero-order valence-electron chi connectivity index (χ0n) is 10.0. The topological polar surface area (TPSA) is 79.3 Å². The van der Waals surface area contributed by atoms with Crippen molar-refractivity contribution in [3.63, 3.8) is 0 Å². The van der Waals surface area contributed by atoms with Gasteiger partial charge in [-0.05, 0) is 31.4 Å². The standard InChI is InChI=1S/C13H16N2O3/c16-12(11-6-1-2-7-14-11)15-10-5-3-4-9(8-10)13(17)18/h1-2,6-7,9-10H,3-5,8H2,(H,15,16)(H,17,18). The van der Waals surface area contributed by atoms with Gasteiger partial charge in [0.15, 0.2) is 0 Å². The second-order valence-corrected chi connectivity index (χ2v) is 4.59. The summed E-state index contributed by atoms with van der Waals surface area (Å²) in [6.45, 7) is 0. The van der Waals surface area contributed by atoms with Crippen molar-refractivity contribution >= 4 is 11.9 Å². The predicted molar refractivity (Wildman–Crippen MR) is 65.1 cm³/mol. The molecule has 2 N–H and O–H groups in total. The molecule has 5 heteroatoms. The fourth-order valence-corrected chi connectivity index (χ4v) is 2.30. The number of aliphatic carboxylic acids is 1. The van der Waals surface area contributed by atoms with Crippen LogP contribution in [0.3, 0.4) is 0 Å². The largest absolute Gasteiger partial charge is 0.481 e. The Kier molecular flexibility index (Phi) is 3.92. The van der Waals surface area contributed by atoms with Gasteiger partial charge in [-0.15, -0.1) is 0 Å². The molecule has 1 aromatic rings. The molecule has 5 nitrogen and oxygen atoms in total. The van der Waals surface area contributed by atoms with Crippen molar-refractivity contribution in [3.8, 4) is 0 Å². The number of rotatable bonds is 3. The van der Waals surface area contributed by atoms with Crippen molar-refractivity contribution < 1.29 is 14.7 Å². The first kappa shape index (κ1) is 12.5. The third-order valence-corrected chi connectivity index (χ3v) is 3.26. The van der Waals surface area contributed by atoms with Crippen LogP contribution in [0.5, 0.6) is 0 Å². The lowest BCUT2D eigenvalue weighted by atomic mass is 9.86. The van der Waals surface area contributed by atoms with Crippen molar-refractivity contribution in [2.75, 3.05) is 0 Å². The second-order valence-electron chi connectivity index (χ2n) is 4.59. The van der Waals surface area contributed by atoms with Crippen LogP contribution in [0.1, 0.15) is 36.2 Å². The lowest BCUT2D eigenvalue weighted by Gasteiger charge is -2.27. The second kappa shape index (κ2) is 5.62. The van der Waals surface area contributed by atoms with Crippen LogP contribution in [0.15, 0.2) is 24.4 Å². The summed E-state index contributed by atoms with van der Waals surface area (Å²) in [6.07, 6.45) is 4.45. The smallest absolute Gasteiger partial charge is 0.306 e. The Bertz CT molecular complexity index is 433. The molecule has 1 saturated carbocycles. The molecule has 18 heavy (non-hydrogen) atoms. The molecule has 1 aliphatic carbocycles. The lowest BCUT2D eigenvalue weighted by molar-refractivity contribution is -0.143. The molecule has 1 aromatic heterocycles. The number of carboxylic acids is 1. The minimum atomic E-state index is -0.771. The van der Waals surface area contributed by atoms with E-state index in [9.17, 15) is 9.59 Å². The molecule has 96 valence electrons. The van der Waals surface area contributed by atoms with E-state index in [1.54, 1.807) is 24.4 Å². The van der Waals surface area contributed by atoms with E-state index >= 15 is 0 Å². The Hall–Kier alpha value is -1.91. The number of hydrogen-bond donors (Lipinski definition) is 2. The molecule has 0 aliphatic heterocycles. The highest BCUT2D eigenvalue weighted by Crippen LogP contribution is 2.24. The van der Waals surface area contributed by atoms with Gasteiger partial charge in [0.2, 0.25) is 0 Å². The third-order valence-electron chi connectivity index (χ3n) is 3.26. The average Bonchev–Trinajstić information content (AvgIpc) is 2.40. The van der Waals surface area contributed by atoms with Gasteiger partial charge in [0.05, 0.1) is 5.92 Å². The lowest BCUT2D eigenvalue weighted by Crippen LogP contribution is -2.40. The average molecular weight is 248 g/mol. The number of carbonyl (C=O) groups excluding carboxylic acids is 1. The Morgan fingerprint density at radius 2 is 2.17 bits per heavy atom. The number of nitrogens with one attached hydrogen (secondary N) is 1. The maximum Gasteiger partial charge on any atom is 0.306 e. The molecule has 1 aliphatic rings. The van der Waals surface area contributed by atoms with Crippen molar-refractivity contribution in [3.05, 3.63) is 30.1 Å². The van der Waals surface area contributed by atoms with E-state index in [0.29, 0.717) is 18.5 Å². The zero-order chi connectivity index (χ0) is 13.0. The van der Waals surface area contributed by atoms with E-state index in [4.69, 9.17) is 5.11 Å². The highest BCUT2D eigenvalue weighted by molar-refractivity contribution is 5.92. The number of carboxylic acid groups (broad SMARTS) is 1. The highest BCUT2D eigenvalue weighted by atomic mass is 16.4. The predicted octanol–water partition coefficient (Wildman–Crippen LogP) is 1.45. The maximum absolute atomic E-state index is 11.9. The number of carbonyl (C=O) groups is 2. The molecular weight excluding hydrogens is 232 g/mol. The number of nitrogens with zero attached hydrogens (tertiary/aromatic N) is 1. The van der Waals surface area contributed by atoms with E-state index in [0.717, 1.165) is 12.8 Å². The van der Waals surface area contributed by atoms with Gasteiger partial charge in [-0.2, -0.15) is 0 Å². The number of pyridine rings is 1. The third kappa shape index (κ3) is 3.06. The van der Waals surface area contributed by atoms with Crippen LogP contribution in [0.4, 0.5) is 0 Å². The minimum Gasteiger partial charge on any atom is -0.481 e. The van der Waals surface area contributed by atoms with Crippen molar-refractivity contribution in [2.24, 2.45) is 5.92 Å². The Morgan fingerprint density at radius 1 is 1.33 bits per heavy atom. The monoisotopic (exact) mass is 248 g/mol. The summed E-state index contributed by atoms with van der Waals surface area (Å²) < 4.78 is 0. The molecule has 2 rings (SSSR count). The molecule has 1 heterocycles. The first-order valence-electron chi connectivity index (χ1n) is 6.11. The first-order chi connectivity index (χ1) is 8.66. The maximum atomic E-state index is 11.9. The first-order valence-corrected chi connectivity index (χ1v) is 6.11. The number of hydrogen-bond acceptors (Lipinski definition) is 3. The quantitative estimate of drug-likeness (QED) is 0.848. The summed E-state index contributed by atoms with van der Waals surface area (Å²) in [4.78, 5) is 26.8. The van der Waals surface area contributed by atoms with Crippen LogP contribution < -0.4 is 5.32 Å². The molecule has 0 bridgehead atoms. The van der Waals surface area contributed by atoms with Crippen LogP contribution in [0.25, 0.3) is 0 Å². The summed E-state index contributed by atoms with van der Waals surface area (Å²) in [5.74, 6) is -1.34. The van der Waals surface area contributed by atoms with E-state index in [1.807, 2.05) is 0 Å². The van der Waals surface area contributed by atoms with Crippen LogP contribution in [-0.2, 0) is 4.79 Å². The van der Waals surface area contributed by atoms with E-state index in [-0.39, 0.29) is 17.9 Å². The SMILES string of the molecule is O=C(NC1CCCC(C(=O)O)C1)c1ccccn1. The van der Waals surface area contributed by atoms with E-state index < -0.39 is 5.97 Å². The molecule has 0 spiro atoms. The molecule has 2 atom stereocenters. The summed E-state index contributed by atoms with van der Waals surface area (Å²) >= 11 is 0. The molecular formula is C13H16N2O3. The van der Waals surface area contributed by atoms with Gasteiger partial charge in [-0.1, -0.05) is 12.5 Å². The molecule has 0 radical (unpaired) electrons. The summed E-state index contributed by atoms with van der Waals surface area (Å²) in [7, 11) is 0. The van der Waals surface area contributed by atoms with Crippen LogP contribution >= 0.6 is 0 Å². The van der Waals surface area contributed by atoms with Gasteiger partial charge in [-0.3, -0.25) is 14.6 Å². The molecule has 2 unspecified atom stereocenters. The highest BCUT2D eigenvalue weighted by Gasteiger charge is 2.28. The van der Waals surface area contributed by atoms with E-state index in [2.05, 4.69) is 10.3 Å². The van der Waals surface area contributed by atoms with Crippen LogP contribution in [-0.4, -0.2) is 28.0 Å². The van der Waals surface area contributed by atoms with Gasteiger partial charge >= 0.3 is 5.97 Å². The zero-order valence-corrected chi connectivity index (χ0v) is 10.0. The molecule has 1 amide bonds. The van der Waals surface area contributed by atoms with Crippen molar-refractivity contribution in [2.45, 2.75) is 31.7 Å². The fourth-order valence-electron chi connectivity index (χ4n) is 2.30. The molecule has 1 fully saturated rings. The fraction of sp³-hybridized carbons (Fsp3) is 0.462. The normalized spacial score (nSPS) is 23.3.